The van der Waals surface area contributed by atoms with Gasteiger partial charge in [0.05, 0.1) is 30.4 Å². The highest BCUT2D eigenvalue weighted by Gasteiger charge is 2.22. The van der Waals surface area contributed by atoms with Crippen molar-refractivity contribution in [3.8, 4) is 17.2 Å². The van der Waals surface area contributed by atoms with Crippen molar-refractivity contribution >= 4 is 22.4 Å². The Hall–Kier alpha value is -4.68. The third-order valence-electron chi connectivity index (χ3n) is 5.14. The number of H-pyrrole nitrogens is 1. The van der Waals surface area contributed by atoms with Crippen molar-refractivity contribution in [2.45, 2.75) is 13.0 Å². The Morgan fingerprint density at radius 1 is 1.21 bits per heavy atom. The third-order valence-corrected chi connectivity index (χ3v) is 5.14. The smallest absolute Gasteiger partial charge is 0.264 e. The fraction of sp³-hybridized carbons (Fsp3) is 0.150. The van der Waals surface area contributed by atoms with Crippen molar-refractivity contribution in [1.29, 1.82) is 0 Å². The maximum absolute atomic E-state index is 13.9. The molecule has 4 heterocycles. The van der Waals surface area contributed by atoms with E-state index in [-0.39, 0.29) is 17.0 Å². The summed E-state index contributed by atoms with van der Waals surface area (Å²) in [6.07, 6.45) is 2.85. The molecule has 0 spiro atoms. The van der Waals surface area contributed by atoms with Gasteiger partial charge in [0, 0.05) is 6.07 Å². The molecule has 1 aromatic carbocycles. The zero-order chi connectivity index (χ0) is 23.1. The second-order valence-electron chi connectivity index (χ2n) is 7.33. The van der Waals surface area contributed by atoms with Gasteiger partial charge < -0.3 is 11.1 Å². The van der Waals surface area contributed by atoms with Gasteiger partial charge in [-0.2, -0.15) is 9.90 Å². The SMILES string of the molecule is C[C@H](Nc1ncnc(N)c1-c1nnn(C)n1)c1cc2ccc(F)cc2c(=O)n1-c1ccn[nH]1. The predicted molar refractivity (Wildman–Crippen MR) is 118 cm³/mol. The maximum atomic E-state index is 13.9. The fourth-order valence-electron chi connectivity index (χ4n) is 3.63. The molecule has 0 aliphatic heterocycles. The first kappa shape index (κ1) is 20.2. The standard InChI is InChI=1S/C20H18FN11O/c1-10(26-18-16(17(22)23-9-24-18)19-28-30-31(2)29-19)14-7-11-3-4-12(21)8-13(11)20(33)32(14)15-5-6-25-27-15/h3-10H,1-2H3,(H,25,27)(H3,22,23,24,26)/t10-/m0/s1. The van der Waals surface area contributed by atoms with Crippen LogP contribution < -0.4 is 16.6 Å². The number of rotatable bonds is 5. The molecule has 33 heavy (non-hydrogen) atoms. The van der Waals surface area contributed by atoms with E-state index in [1.54, 1.807) is 25.2 Å². The highest BCUT2D eigenvalue weighted by atomic mass is 19.1. The van der Waals surface area contributed by atoms with Gasteiger partial charge in [0.25, 0.3) is 5.56 Å². The maximum Gasteiger partial charge on any atom is 0.264 e. The number of aromatic amines is 1. The minimum absolute atomic E-state index is 0.174. The molecule has 4 N–H and O–H groups in total. The van der Waals surface area contributed by atoms with E-state index in [4.69, 9.17) is 5.73 Å². The molecule has 0 unspecified atom stereocenters. The summed E-state index contributed by atoms with van der Waals surface area (Å²) < 4.78 is 15.3. The Kier molecular flexibility index (Phi) is 4.77. The van der Waals surface area contributed by atoms with E-state index in [1.807, 2.05) is 6.92 Å². The molecule has 0 aliphatic carbocycles. The van der Waals surface area contributed by atoms with Crippen LogP contribution in [0.5, 0.6) is 0 Å². The first-order valence-electron chi connectivity index (χ1n) is 9.88. The van der Waals surface area contributed by atoms with Crippen LogP contribution in [-0.4, -0.2) is 44.9 Å². The second kappa shape index (κ2) is 7.78. The molecule has 0 amide bonds. The third kappa shape index (κ3) is 3.54. The summed E-state index contributed by atoms with van der Waals surface area (Å²) in [4.78, 5) is 23.0. The number of aryl methyl sites for hydroxylation is 1. The van der Waals surface area contributed by atoms with Crippen LogP contribution in [0, 0.1) is 5.82 Å². The average molecular weight is 447 g/mol. The summed E-state index contributed by atoms with van der Waals surface area (Å²) in [5, 5.41) is 22.9. The number of hydrogen-bond donors (Lipinski definition) is 3. The van der Waals surface area contributed by atoms with Gasteiger partial charge in [-0.3, -0.25) is 14.5 Å². The molecule has 166 valence electrons. The van der Waals surface area contributed by atoms with Crippen LogP contribution in [0.4, 0.5) is 16.0 Å². The molecule has 5 rings (SSSR count). The number of aromatic nitrogens is 9. The van der Waals surface area contributed by atoms with E-state index < -0.39 is 17.4 Å². The van der Waals surface area contributed by atoms with Gasteiger partial charge in [-0.25, -0.2) is 14.4 Å². The number of nitrogens with two attached hydrogens (primary N) is 1. The molecule has 0 aliphatic rings. The van der Waals surface area contributed by atoms with Gasteiger partial charge in [-0.15, -0.1) is 10.2 Å². The van der Waals surface area contributed by atoms with Crippen LogP contribution in [0.15, 0.2) is 47.7 Å². The summed E-state index contributed by atoms with van der Waals surface area (Å²) in [5.41, 5.74) is 6.66. The lowest BCUT2D eigenvalue weighted by molar-refractivity contribution is 0.629. The zero-order valence-electron chi connectivity index (χ0n) is 17.6. The van der Waals surface area contributed by atoms with Crippen LogP contribution in [0.1, 0.15) is 18.7 Å². The van der Waals surface area contributed by atoms with E-state index in [0.717, 1.165) is 0 Å². The quantitative estimate of drug-likeness (QED) is 0.364. The lowest BCUT2D eigenvalue weighted by Crippen LogP contribution is -2.26. The average Bonchev–Trinajstić information content (AvgIpc) is 3.46. The summed E-state index contributed by atoms with van der Waals surface area (Å²) in [6.45, 7) is 1.85. The number of halogens is 1. The van der Waals surface area contributed by atoms with Crippen molar-refractivity contribution < 1.29 is 4.39 Å². The van der Waals surface area contributed by atoms with Crippen molar-refractivity contribution in [3.63, 3.8) is 0 Å². The molecule has 4 aromatic heterocycles. The van der Waals surface area contributed by atoms with Crippen molar-refractivity contribution in [3.05, 3.63) is 64.7 Å². The molecule has 1 atom stereocenters. The van der Waals surface area contributed by atoms with Crippen LogP contribution in [0.3, 0.4) is 0 Å². The first-order valence-corrected chi connectivity index (χ1v) is 9.88. The first-order chi connectivity index (χ1) is 15.9. The minimum atomic E-state index is -0.493. The van der Waals surface area contributed by atoms with Gasteiger partial charge in [-0.1, -0.05) is 6.07 Å². The van der Waals surface area contributed by atoms with E-state index >= 15 is 0 Å². The Bertz CT molecular complexity index is 1520. The largest absolute Gasteiger partial charge is 0.383 e. The molecular formula is C20H18FN11O. The second-order valence-corrected chi connectivity index (χ2v) is 7.33. The van der Waals surface area contributed by atoms with Crippen LogP contribution >= 0.6 is 0 Å². The molecule has 0 saturated heterocycles. The van der Waals surface area contributed by atoms with E-state index in [0.29, 0.717) is 28.3 Å². The minimum Gasteiger partial charge on any atom is -0.383 e. The monoisotopic (exact) mass is 447 g/mol. The number of hydrogen-bond acceptors (Lipinski definition) is 9. The van der Waals surface area contributed by atoms with Gasteiger partial charge in [-0.05, 0) is 35.7 Å². The topological polar surface area (TPSA) is 158 Å². The Morgan fingerprint density at radius 2 is 2.06 bits per heavy atom. The Morgan fingerprint density at radius 3 is 2.79 bits per heavy atom. The van der Waals surface area contributed by atoms with Gasteiger partial charge >= 0.3 is 0 Å². The van der Waals surface area contributed by atoms with E-state index in [1.165, 1.54) is 34.0 Å². The number of nitrogens with one attached hydrogen (secondary N) is 2. The van der Waals surface area contributed by atoms with Gasteiger partial charge in [0.1, 0.15) is 35.2 Å². The zero-order valence-corrected chi connectivity index (χ0v) is 17.6. The van der Waals surface area contributed by atoms with Crippen LogP contribution in [-0.2, 0) is 7.05 Å². The highest BCUT2D eigenvalue weighted by molar-refractivity contribution is 5.83. The van der Waals surface area contributed by atoms with Gasteiger partial charge in [0.15, 0.2) is 0 Å². The molecule has 12 nitrogen and oxygen atoms in total. The lowest BCUT2D eigenvalue weighted by atomic mass is 10.1. The number of anilines is 2. The summed E-state index contributed by atoms with van der Waals surface area (Å²) in [5.74, 6) is 0.740. The summed E-state index contributed by atoms with van der Waals surface area (Å²) in [7, 11) is 1.63. The molecular weight excluding hydrogens is 429 g/mol. The van der Waals surface area contributed by atoms with Crippen molar-refractivity contribution in [2.75, 3.05) is 11.1 Å². The van der Waals surface area contributed by atoms with E-state index in [2.05, 4.69) is 40.9 Å². The number of nitrogens with zero attached hydrogens (tertiary/aromatic N) is 8. The molecule has 0 radical (unpaired) electrons. The van der Waals surface area contributed by atoms with Crippen LogP contribution in [0.25, 0.3) is 28.0 Å². The highest BCUT2D eigenvalue weighted by Crippen LogP contribution is 2.30. The number of fused-ring (bicyclic) bond motifs is 1. The molecule has 0 bridgehead atoms. The van der Waals surface area contributed by atoms with Crippen molar-refractivity contribution in [2.24, 2.45) is 7.05 Å². The molecule has 13 heteroatoms. The molecule has 0 fully saturated rings. The lowest BCUT2D eigenvalue weighted by Gasteiger charge is -2.21. The van der Waals surface area contributed by atoms with Gasteiger partial charge in [0.2, 0.25) is 5.82 Å². The Labute approximate surface area is 185 Å². The summed E-state index contributed by atoms with van der Waals surface area (Å²) in [6, 6.07) is 7.10. The number of benzene rings is 1. The normalized spacial score (nSPS) is 12.2. The predicted octanol–water partition coefficient (Wildman–Crippen LogP) is 1.59. The number of tetrazole rings is 1. The molecule has 0 saturated carbocycles. The van der Waals surface area contributed by atoms with E-state index in [9.17, 15) is 9.18 Å². The van der Waals surface area contributed by atoms with Crippen molar-refractivity contribution in [1.82, 2.24) is 44.9 Å². The molecule has 5 aromatic rings. The summed E-state index contributed by atoms with van der Waals surface area (Å²) >= 11 is 0. The van der Waals surface area contributed by atoms with Crippen LogP contribution in [0.2, 0.25) is 0 Å². The fourth-order valence-corrected chi connectivity index (χ4v) is 3.63. The number of nitrogen functional groups attached to an aromatic ring is 1. The number of pyridine rings is 1. The Balaban J connectivity index is 1.65.